The van der Waals surface area contributed by atoms with Crippen LogP contribution < -0.4 is 20.9 Å². The molecule has 242 valence electrons. The van der Waals surface area contributed by atoms with Crippen LogP contribution in [0.2, 0.25) is 10.0 Å². The Morgan fingerprint density at radius 1 is 1.05 bits per heavy atom. The number of benzene rings is 2. The number of nitrogens with zero attached hydrogens (tertiary/aromatic N) is 3. The molecule has 0 spiro atoms. The van der Waals surface area contributed by atoms with Crippen molar-refractivity contribution in [2.75, 3.05) is 36.4 Å². The minimum Gasteiger partial charge on any atom is -0.371 e. The van der Waals surface area contributed by atoms with Gasteiger partial charge in [0.15, 0.2) is 0 Å². The van der Waals surface area contributed by atoms with Gasteiger partial charge in [-0.2, -0.15) is 22.0 Å². The first kappa shape index (κ1) is 34.0. The summed E-state index contributed by atoms with van der Waals surface area (Å²) >= 11 is 13.2. The molecule has 1 saturated heterocycles. The number of halogens is 8. The van der Waals surface area contributed by atoms with E-state index in [-0.39, 0.29) is 54.1 Å². The van der Waals surface area contributed by atoms with Gasteiger partial charge in [0, 0.05) is 33.2 Å². The van der Waals surface area contributed by atoms with Gasteiger partial charge in [-0.15, -0.1) is 0 Å². The highest BCUT2D eigenvalue weighted by Gasteiger charge is 2.57. The third-order valence-corrected chi connectivity index (χ3v) is 8.02. The minimum absolute atomic E-state index is 0.0582. The Morgan fingerprint density at radius 3 is 2.32 bits per heavy atom. The average Bonchev–Trinajstić information content (AvgIpc) is 3.23. The second-order valence-corrected chi connectivity index (χ2v) is 12.9. The molecular weight excluding hydrogens is 633 g/mol. The molecule has 1 aliphatic heterocycles. The van der Waals surface area contributed by atoms with E-state index in [1.165, 1.54) is 6.07 Å². The van der Waals surface area contributed by atoms with Crippen molar-refractivity contribution < 1.29 is 31.1 Å². The second-order valence-electron chi connectivity index (χ2n) is 12.1. The summed E-state index contributed by atoms with van der Waals surface area (Å²) in [7, 11) is 1.69. The van der Waals surface area contributed by atoms with Gasteiger partial charge in [0.25, 0.3) is 5.91 Å². The van der Waals surface area contributed by atoms with Crippen LogP contribution in [0.25, 0.3) is 11.0 Å². The quantitative estimate of drug-likeness (QED) is 0.205. The van der Waals surface area contributed by atoms with Crippen LogP contribution in [0.3, 0.4) is 0 Å². The lowest BCUT2D eigenvalue weighted by atomic mass is 9.97. The first-order valence-electron chi connectivity index (χ1n) is 13.9. The molecule has 0 radical (unpaired) electrons. The first-order chi connectivity index (χ1) is 20.4. The minimum atomic E-state index is -5.83. The van der Waals surface area contributed by atoms with Crippen molar-refractivity contribution >= 4 is 57.5 Å². The zero-order valence-corrected chi connectivity index (χ0v) is 26.1. The zero-order chi connectivity index (χ0) is 32.6. The molecule has 0 unspecified atom stereocenters. The molecule has 1 aromatic heterocycles. The maximum atomic E-state index is 13.9. The smallest absolute Gasteiger partial charge is 0.371 e. The highest BCUT2D eigenvalue weighted by Crippen LogP contribution is 2.38. The molecule has 1 fully saturated rings. The summed E-state index contributed by atoms with van der Waals surface area (Å²) in [6.07, 6.45) is -6.54. The Morgan fingerprint density at radius 2 is 1.70 bits per heavy atom. The number of nitrogens with one attached hydrogen (secondary N) is 3. The Balaban J connectivity index is 1.69. The number of hydrogen-bond donors (Lipinski definition) is 3. The predicted molar refractivity (Wildman–Crippen MR) is 161 cm³/mol. The van der Waals surface area contributed by atoms with Crippen LogP contribution in [0.5, 0.6) is 0 Å². The van der Waals surface area contributed by atoms with Crippen LogP contribution in [0.15, 0.2) is 24.3 Å². The lowest BCUT2D eigenvalue weighted by Gasteiger charge is -2.32. The molecule has 15 heteroatoms. The fraction of sp³-hybridized carbons (Fsp3) is 0.517. The van der Waals surface area contributed by atoms with E-state index in [0.717, 1.165) is 12.1 Å². The maximum Gasteiger partial charge on any atom is 0.455 e. The third-order valence-electron chi connectivity index (χ3n) is 7.27. The molecule has 0 bridgehead atoms. The number of aromatic nitrogens is 2. The predicted octanol–water partition coefficient (Wildman–Crippen LogP) is 7.63. The number of carbonyl (C=O) groups excluding carboxylic acids is 1. The normalized spacial score (nSPS) is 15.2. The van der Waals surface area contributed by atoms with E-state index < -0.39 is 30.7 Å². The van der Waals surface area contributed by atoms with E-state index >= 15 is 0 Å². The fourth-order valence-electron chi connectivity index (χ4n) is 4.79. The Labute approximate surface area is 261 Å². The summed E-state index contributed by atoms with van der Waals surface area (Å²) in [5.74, 6) is -6.00. The van der Waals surface area contributed by atoms with Gasteiger partial charge in [0.2, 0.25) is 5.95 Å². The van der Waals surface area contributed by atoms with E-state index in [0.29, 0.717) is 27.8 Å². The van der Waals surface area contributed by atoms with Crippen LogP contribution in [-0.2, 0) is 13.6 Å². The summed E-state index contributed by atoms with van der Waals surface area (Å²) in [5.41, 5.74) is 2.09. The van der Waals surface area contributed by atoms with Crippen molar-refractivity contribution in [3.05, 3.63) is 45.4 Å². The largest absolute Gasteiger partial charge is 0.455 e. The molecule has 3 N–H and O–H groups in total. The molecule has 3 aromatic rings. The number of hydrogen-bond acceptors (Lipinski definition) is 5. The number of rotatable bonds is 9. The molecule has 4 rings (SSSR count). The van der Waals surface area contributed by atoms with E-state index in [9.17, 15) is 31.1 Å². The summed E-state index contributed by atoms with van der Waals surface area (Å²) in [5, 5.41) is 8.89. The fourth-order valence-corrected chi connectivity index (χ4v) is 5.32. The number of fused-ring (bicyclic) bond motifs is 1. The van der Waals surface area contributed by atoms with Gasteiger partial charge in [-0.3, -0.25) is 4.79 Å². The molecule has 1 amide bonds. The van der Waals surface area contributed by atoms with Crippen LogP contribution in [0.1, 0.15) is 49.5 Å². The molecule has 0 atom stereocenters. The topological polar surface area (TPSA) is 74.2 Å². The maximum absolute atomic E-state index is 13.9. The zero-order valence-electron chi connectivity index (χ0n) is 24.6. The lowest BCUT2D eigenvalue weighted by molar-refractivity contribution is -0.278. The number of anilines is 3. The Bertz CT molecular complexity index is 1510. The Kier molecular flexibility index (Phi) is 9.92. The summed E-state index contributed by atoms with van der Waals surface area (Å²) in [6, 6.07) is 6.40. The second kappa shape index (κ2) is 12.8. The van der Waals surface area contributed by atoms with E-state index in [4.69, 9.17) is 23.2 Å². The molecule has 7 nitrogen and oxygen atoms in total. The van der Waals surface area contributed by atoms with Crippen molar-refractivity contribution in [1.29, 1.82) is 0 Å². The molecule has 0 saturated carbocycles. The van der Waals surface area contributed by atoms with Gasteiger partial charge in [-0.1, -0.05) is 50.0 Å². The number of amides is 1. The Hall–Kier alpha value is -2.90. The molecule has 0 aliphatic carbocycles. The third kappa shape index (κ3) is 7.66. The van der Waals surface area contributed by atoms with Crippen molar-refractivity contribution in [3.63, 3.8) is 0 Å². The number of carbonyl (C=O) groups is 1. The highest BCUT2D eigenvalue weighted by atomic mass is 35.5. The van der Waals surface area contributed by atoms with E-state index in [1.807, 2.05) is 0 Å². The number of piperidine rings is 1. The summed E-state index contributed by atoms with van der Waals surface area (Å²) in [6.45, 7) is 6.03. The van der Waals surface area contributed by atoms with Gasteiger partial charge >= 0.3 is 12.1 Å². The van der Waals surface area contributed by atoms with E-state index in [2.05, 4.69) is 36.4 Å². The number of aryl methyl sites for hydroxylation is 1. The van der Waals surface area contributed by atoms with Crippen LogP contribution in [0.4, 0.5) is 43.7 Å². The van der Waals surface area contributed by atoms with Gasteiger partial charge in [-0.25, -0.2) is 9.37 Å². The molecule has 2 aromatic carbocycles. The first-order valence-corrected chi connectivity index (χ1v) is 14.7. The van der Waals surface area contributed by atoms with Crippen LogP contribution in [-0.4, -0.2) is 59.9 Å². The monoisotopic (exact) mass is 666 g/mol. The van der Waals surface area contributed by atoms with Crippen molar-refractivity contribution in [2.24, 2.45) is 12.5 Å². The van der Waals surface area contributed by atoms with Crippen LogP contribution in [0, 0.1) is 5.41 Å². The standard InChI is InChI=1S/C29H34Cl2F6N6O/c1-27(2,3)14-38-13-16-5-6-19(30)24(23(16)31)41-26-40-20-11-18(25(44)39-15-28(33,34)29(35,36)37)21(12-22(20)42(26)4)43-9-7-17(32)8-10-43/h5-6,11-12,17,38H,7-10,13-15H2,1-4H3,(H,39,44)(H,40,41). The van der Waals surface area contributed by atoms with Gasteiger partial charge in [0.05, 0.1) is 44.6 Å². The highest BCUT2D eigenvalue weighted by molar-refractivity contribution is 6.39. The van der Waals surface area contributed by atoms with Gasteiger partial charge in [0.1, 0.15) is 6.17 Å². The number of imidazole rings is 1. The van der Waals surface area contributed by atoms with Crippen LogP contribution >= 0.6 is 23.2 Å². The SMILES string of the molecule is Cn1c(Nc2c(Cl)ccc(CNCC(C)(C)C)c2Cl)nc2cc(C(=O)NCC(F)(F)C(F)(F)F)c(N3CCC(F)CC3)cc21. The summed E-state index contributed by atoms with van der Waals surface area (Å²) < 4.78 is 80.9. The van der Waals surface area contributed by atoms with Gasteiger partial charge < -0.3 is 25.4 Å². The average molecular weight is 668 g/mol. The molecule has 44 heavy (non-hydrogen) atoms. The molecule has 1 aliphatic rings. The lowest BCUT2D eigenvalue weighted by Crippen LogP contribution is -2.47. The van der Waals surface area contributed by atoms with Gasteiger partial charge in [-0.05, 0) is 42.0 Å². The number of alkyl halides is 6. The van der Waals surface area contributed by atoms with E-state index in [1.54, 1.807) is 40.0 Å². The van der Waals surface area contributed by atoms with Crippen molar-refractivity contribution in [2.45, 2.75) is 58.4 Å². The van der Waals surface area contributed by atoms with Crippen molar-refractivity contribution in [3.8, 4) is 0 Å². The molecule has 2 heterocycles. The summed E-state index contributed by atoms with van der Waals surface area (Å²) in [4.78, 5) is 19.3. The van der Waals surface area contributed by atoms with Crippen molar-refractivity contribution in [1.82, 2.24) is 20.2 Å². The molecular formula is C29H34Cl2F6N6O.